The van der Waals surface area contributed by atoms with Gasteiger partial charge in [0.25, 0.3) is 0 Å². The maximum Gasteiger partial charge on any atom is 0.310 e. The van der Waals surface area contributed by atoms with Crippen molar-refractivity contribution < 1.29 is 9.90 Å². The van der Waals surface area contributed by atoms with Crippen LogP contribution in [0.3, 0.4) is 0 Å². The van der Waals surface area contributed by atoms with Crippen LogP contribution in [0.5, 0.6) is 0 Å². The minimum absolute atomic E-state index is 0.367. The van der Waals surface area contributed by atoms with Crippen LogP contribution in [0.25, 0.3) is 0 Å². The maximum atomic E-state index is 12.0. The summed E-state index contributed by atoms with van der Waals surface area (Å²) in [5.74, 6) is -0.596. The van der Waals surface area contributed by atoms with Gasteiger partial charge in [-0.2, -0.15) is 0 Å². The van der Waals surface area contributed by atoms with E-state index in [1.165, 1.54) is 17.7 Å². The molecule has 118 valence electrons. The van der Waals surface area contributed by atoms with Crippen LogP contribution in [0.1, 0.15) is 57.2 Å². The van der Waals surface area contributed by atoms with Crippen molar-refractivity contribution in [2.24, 2.45) is 5.41 Å². The molecule has 1 N–H and O–H groups in total. The highest BCUT2D eigenvalue weighted by molar-refractivity contribution is 7.09. The van der Waals surface area contributed by atoms with Crippen LogP contribution in [0.4, 0.5) is 0 Å². The summed E-state index contributed by atoms with van der Waals surface area (Å²) >= 11 is 1.75. The van der Waals surface area contributed by atoms with E-state index < -0.39 is 11.4 Å². The molecule has 3 nitrogen and oxygen atoms in total. The summed E-state index contributed by atoms with van der Waals surface area (Å²) in [6.07, 6.45) is 6.13. The summed E-state index contributed by atoms with van der Waals surface area (Å²) < 4.78 is 0. The number of carboxylic acids is 1. The molecule has 0 aliphatic heterocycles. The minimum Gasteiger partial charge on any atom is -0.481 e. The topological polar surface area (TPSA) is 40.5 Å². The number of hydrogen-bond acceptors (Lipinski definition) is 3. The van der Waals surface area contributed by atoms with E-state index in [4.69, 9.17) is 0 Å². The molecule has 1 saturated carbocycles. The van der Waals surface area contributed by atoms with Crippen molar-refractivity contribution in [1.29, 1.82) is 0 Å². The predicted molar refractivity (Wildman–Crippen MR) is 87.6 cm³/mol. The number of carboxylic acid groups (broad SMARTS) is 1. The van der Waals surface area contributed by atoms with Crippen LogP contribution >= 0.6 is 11.3 Å². The van der Waals surface area contributed by atoms with Gasteiger partial charge in [0.05, 0.1) is 5.41 Å². The van der Waals surface area contributed by atoms with Crippen molar-refractivity contribution in [3.63, 3.8) is 0 Å². The van der Waals surface area contributed by atoms with Crippen molar-refractivity contribution in [2.45, 2.75) is 65.0 Å². The highest BCUT2D eigenvalue weighted by Crippen LogP contribution is 2.37. The lowest BCUT2D eigenvalue weighted by Gasteiger charge is -2.36. The Morgan fingerprint density at radius 3 is 2.48 bits per heavy atom. The first-order chi connectivity index (χ1) is 10.0. The molecule has 0 amide bonds. The van der Waals surface area contributed by atoms with Crippen molar-refractivity contribution in [1.82, 2.24) is 4.90 Å². The molecule has 2 rings (SSSR count). The van der Waals surface area contributed by atoms with Gasteiger partial charge in [0.2, 0.25) is 0 Å². The van der Waals surface area contributed by atoms with Gasteiger partial charge in [0, 0.05) is 24.0 Å². The highest BCUT2D eigenvalue weighted by atomic mass is 32.1. The standard InChI is InChI=1S/C17H27NO2S/c1-14(2)18(12-15-8-7-11-21-15)13-17(16(19)20)9-5-3-4-6-10-17/h7-8,11,14H,3-6,9-10,12-13H2,1-2H3,(H,19,20). The summed E-state index contributed by atoms with van der Waals surface area (Å²) in [6, 6.07) is 4.57. The smallest absolute Gasteiger partial charge is 0.310 e. The second-order valence-electron chi connectivity index (χ2n) is 6.58. The van der Waals surface area contributed by atoms with Crippen LogP contribution in [0.2, 0.25) is 0 Å². The first-order valence-corrected chi connectivity index (χ1v) is 8.91. The molecule has 21 heavy (non-hydrogen) atoms. The Kier molecular flexibility index (Phi) is 5.82. The molecule has 1 fully saturated rings. The molecule has 1 aliphatic rings. The Labute approximate surface area is 132 Å². The fourth-order valence-electron chi connectivity index (χ4n) is 3.26. The van der Waals surface area contributed by atoms with Crippen molar-refractivity contribution >= 4 is 17.3 Å². The molecule has 0 radical (unpaired) electrons. The maximum absolute atomic E-state index is 12.0. The van der Waals surface area contributed by atoms with Crippen LogP contribution in [-0.4, -0.2) is 28.6 Å². The summed E-state index contributed by atoms with van der Waals surface area (Å²) in [5.41, 5.74) is -0.544. The van der Waals surface area contributed by atoms with E-state index in [0.717, 1.165) is 32.2 Å². The van der Waals surface area contributed by atoms with Gasteiger partial charge in [-0.25, -0.2) is 0 Å². The summed E-state index contributed by atoms with van der Waals surface area (Å²) in [5, 5.41) is 11.9. The molecule has 0 saturated heterocycles. The van der Waals surface area contributed by atoms with Crippen LogP contribution < -0.4 is 0 Å². The number of nitrogens with zero attached hydrogens (tertiary/aromatic N) is 1. The molecular weight excluding hydrogens is 282 g/mol. The summed E-state index contributed by atoms with van der Waals surface area (Å²) in [7, 11) is 0. The zero-order valence-electron chi connectivity index (χ0n) is 13.2. The van der Waals surface area contributed by atoms with E-state index in [9.17, 15) is 9.90 Å². The van der Waals surface area contributed by atoms with Gasteiger partial charge in [-0.3, -0.25) is 9.69 Å². The van der Waals surface area contributed by atoms with Gasteiger partial charge in [0.1, 0.15) is 0 Å². The fraction of sp³-hybridized carbons (Fsp3) is 0.706. The first-order valence-electron chi connectivity index (χ1n) is 8.03. The summed E-state index contributed by atoms with van der Waals surface area (Å²) in [4.78, 5) is 15.6. The number of thiophene rings is 1. The van der Waals surface area contributed by atoms with Crippen LogP contribution in [0.15, 0.2) is 17.5 Å². The van der Waals surface area contributed by atoms with Gasteiger partial charge in [-0.05, 0) is 38.1 Å². The Morgan fingerprint density at radius 1 is 1.33 bits per heavy atom. The number of carbonyl (C=O) groups is 1. The lowest BCUT2D eigenvalue weighted by molar-refractivity contribution is -0.151. The van der Waals surface area contributed by atoms with Crippen molar-refractivity contribution in [2.75, 3.05) is 6.54 Å². The van der Waals surface area contributed by atoms with E-state index in [2.05, 4.69) is 36.3 Å². The van der Waals surface area contributed by atoms with Gasteiger partial charge in [0.15, 0.2) is 0 Å². The largest absolute Gasteiger partial charge is 0.481 e. The Morgan fingerprint density at radius 2 is 2.00 bits per heavy atom. The van der Waals surface area contributed by atoms with Crippen molar-refractivity contribution in [3.8, 4) is 0 Å². The second kappa shape index (κ2) is 7.41. The third-order valence-electron chi connectivity index (χ3n) is 4.69. The quantitative estimate of drug-likeness (QED) is 0.793. The molecule has 1 aromatic rings. The number of hydrogen-bond donors (Lipinski definition) is 1. The van der Waals surface area contributed by atoms with E-state index in [1.54, 1.807) is 11.3 Å². The Hall–Kier alpha value is -0.870. The zero-order valence-corrected chi connectivity index (χ0v) is 14.0. The summed E-state index contributed by atoms with van der Waals surface area (Å²) in [6.45, 7) is 5.88. The Bertz CT molecular complexity index is 434. The van der Waals surface area contributed by atoms with Crippen LogP contribution in [0, 0.1) is 5.41 Å². The molecule has 0 unspecified atom stereocenters. The predicted octanol–water partition coefficient (Wildman–Crippen LogP) is 4.38. The lowest BCUT2D eigenvalue weighted by Crippen LogP contribution is -2.45. The lowest BCUT2D eigenvalue weighted by atomic mass is 9.79. The number of aliphatic carboxylic acids is 1. The second-order valence-corrected chi connectivity index (χ2v) is 7.61. The van der Waals surface area contributed by atoms with Gasteiger partial charge in [-0.15, -0.1) is 11.3 Å². The third-order valence-corrected chi connectivity index (χ3v) is 5.55. The van der Waals surface area contributed by atoms with Gasteiger partial charge in [-0.1, -0.05) is 31.7 Å². The van der Waals surface area contributed by atoms with Crippen LogP contribution in [-0.2, 0) is 11.3 Å². The first kappa shape index (κ1) is 16.5. The molecule has 0 bridgehead atoms. The molecule has 4 heteroatoms. The normalized spacial score (nSPS) is 18.9. The highest BCUT2D eigenvalue weighted by Gasteiger charge is 2.40. The monoisotopic (exact) mass is 309 g/mol. The average molecular weight is 309 g/mol. The average Bonchev–Trinajstić information content (AvgIpc) is 2.82. The molecule has 0 spiro atoms. The molecule has 0 atom stereocenters. The van der Waals surface area contributed by atoms with E-state index in [-0.39, 0.29) is 0 Å². The van der Waals surface area contributed by atoms with Crippen molar-refractivity contribution in [3.05, 3.63) is 22.4 Å². The van der Waals surface area contributed by atoms with E-state index >= 15 is 0 Å². The zero-order chi connectivity index (χ0) is 15.3. The fourth-order valence-corrected chi connectivity index (χ4v) is 3.99. The third kappa shape index (κ3) is 4.30. The number of rotatable bonds is 6. The molecule has 1 aromatic heterocycles. The van der Waals surface area contributed by atoms with Gasteiger partial charge >= 0.3 is 5.97 Å². The van der Waals surface area contributed by atoms with E-state index in [0.29, 0.717) is 12.6 Å². The van der Waals surface area contributed by atoms with Gasteiger partial charge < -0.3 is 5.11 Å². The minimum atomic E-state index is -0.596. The van der Waals surface area contributed by atoms with E-state index in [1.807, 2.05) is 0 Å². The SMILES string of the molecule is CC(C)N(Cc1cccs1)CC1(C(=O)O)CCCCCC1. The molecule has 1 heterocycles. The molecule has 1 aliphatic carbocycles. The molecular formula is C17H27NO2S. The Balaban J connectivity index is 2.13. The molecule has 0 aromatic carbocycles.